The zero-order valence-electron chi connectivity index (χ0n) is 16.8. The molecule has 0 aliphatic rings. The highest BCUT2D eigenvalue weighted by molar-refractivity contribution is 4.83. The van der Waals surface area contributed by atoms with E-state index in [0.717, 1.165) is 5.92 Å². The molecule has 138 valence electrons. The third-order valence-electron chi connectivity index (χ3n) is 5.15. The summed E-state index contributed by atoms with van der Waals surface area (Å²) < 4.78 is 0. The van der Waals surface area contributed by atoms with Gasteiger partial charge in [-0.2, -0.15) is 0 Å². The van der Waals surface area contributed by atoms with Gasteiger partial charge in [0.15, 0.2) is 0 Å². The van der Waals surface area contributed by atoms with Crippen LogP contribution in [0.25, 0.3) is 0 Å². The molecule has 0 fully saturated rings. The molecule has 0 heteroatoms. The molecule has 0 radical (unpaired) electrons. The normalized spacial score (nSPS) is 13.0. The summed E-state index contributed by atoms with van der Waals surface area (Å²) >= 11 is 0. The molecule has 0 saturated carbocycles. The molecule has 0 saturated heterocycles. The second kappa shape index (κ2) is 19.8. The Hall–Kier alpha value is -0.260. The van der Waals surface area contributed by atoms with E-state index in [2.05, 4.69) is 32.9 Å². The highest BCUT2D eigenvalue weighted by Gasteiger charge is 2.03. The predicted molar refractivity (Wildman–Crippen MR) is 108 cm³/mol. The SMILES string of the molecule is CCCCC=CCC(CC)CCCCCCCCCCCCC. The highest BCUT2D eigenvalue weighted by Crippen LogP contribution is 2.19. The molecule has 0 nitrogen and oxygen atoms in total. The lowest BCUT2D eigenvalue weighted by Gasteiger charge is -2.12. The van der Waals surface area contributed by atoms with Crippen LogP contribution in [-0.4, -0.2) is 0 Å². The second-order valence-electron chi connectivity index (χ2n) is 7.45. The van der Waals surface area contributed by atoms with E-state index >= 15 is 0 Å². The Bertz CT molecular complexity index is 228. The van der Waals surface area contributed by atoms with Gasteiger partial charge in [-0.25, -0.2) is 0 Å². The molecular formula is C23H46. The van der Waals surface area contributed by atoms with Crippen molar-refractivity contribution in [3.8, 4) is 0 Å². The Morgan fingerprint density at radius 3 is 1.61 bits per heavy atom. The van der Waals surface area contributed by atoms with Crippen LogP contribution in [0.1, 0.15) is 130 Å². The Labute approximate surface area is 148 Å². The van der Waals surface area contributed by atoms with Gasteiger partial charge in [-0.3, -0.25) is 0 Å². The lowest BCUT2D eigenvalue weighted by molar-refractivity contribution is 0.440. The maximum atomic E-state index is 2.45. The molecule has 0 aliphatic heterocycles. The fourth-order valence-electron chi connectivity index (χ4n) is 3.31. The summed E-state index contributed by atoms with van der Waals surface area (Å²) in [6.45, 7) is 6.93. The van der Waals surface area contributed by atoms with Gasteiger partial charge in [0.25, 0.3) is 0 Å². The lowest BCUT2D eigenvalue weighted by Crippen LogP contribution is -1.97. The molecule has 23 heavy (non-hydrogen) atoms. The molecule has 0 bridgehead atoms. The standard InChI is InChI=1S/C23H46/c1-4-7-9-11-12-13-14-15-16-18-20-22-23(6-3)21-19-17-10-8-5-2/h17,19,23H,4-16,18,20-22H2,1-3H3. The molecule has 0 spiro atoms. The van der Waals surface area contributed by atoms with Gasteiger partial charge in [0.2, 0.25) is 0 Å². The first kappa shape index (κ1) is 22.7. The van der Waals surface area contributed by atoms with E-state index in [1.165, 1.54) is 109 Å². The van der Waals surface area contributed by atoms with Crippen molar-refractivity contribution in [2.24, 2.45) is 5.92 Å². The van der Waals surface area contributed by atoms with Gasteiger partial charge >= 0.3 is 0 Å². The molecule has 1 unspecified atom stereocenters. The number of hydrogen-bond acceptors (Lipinski definition) is 0. The number of hydrogen-bond donors (Lipinski definition) is 0. The summed E-state index contributed by atoms with van der Waals surface area (Å²) in [4.78, 5) is 0. The van der Waals surface area contributed by atoms with Gasteiger partial charge in [-0.1, -0.05) is 129 Å². The average Bonchev–Trinajstić information content (AvgIpc) is 2.57. The smallest absolute Gasteiger partial charge is 0.0322 e. The van der Waals surface area contributed by atoms with Crippen molar-refractivity contribution in [3.63, 3.8) is 0 Å². The molecule has 0 aromatic rings. The van der Waals surface area contributed by atoms with E-state index in [1.54, 1.807) is 0 Å². The first-order valence-electron chi connectivity index (χ1n) is 11.0. The maximum Gasteiger partial charge on any atom is -0.0322 e. The van der Waals surface area contributed by atoms with Crippen LogP contribution in [0.2, 0.25) is 0 Å². The fourth-order valence-corrected chi connectivity index (χ4v) is 3.31. The topological polar surface area (TPSA) is 0 Å². The number of rotatable bonds is 18. The zero-order chi connectivity index (χ0) is 17.0. The van der Waals surface area contributed by atoms with E-state index in [9.17, 15) is 0 Å². The monoisotopic (exact) mass is 322 g/mol. The van der Waals surface area contributed by atoms with Crippen molar-refractivity contribution in [3.05, 3.63) is 12.2 Å². The summed E-state index contributed by atoms with van der Waals surface area (Å²) in [5.74, 6) is 0.937. The quantitative estimate of drug-likeness (QED) is 0.174. The van der Waals surface area contributed by atoms with E-state index in [-0.39, 0.29) is 0 Å². The minimum absolute atomic E-state index is 0.937. The average molecular weight is 323 g/mol. The van der Waals surface area contributed by atoms with Gasteiger partial charge < -0.3 is 0 Å². The summed E-state index contributed by atoms with van der Waals surface area (Å²) in [5, 5.41) is 0. The van der Waals surface area contributed by atoms with Crippen LogP contribution in [0.5, 0.6) is 0 Å². The predicted octanol–water partition coefficient (Wildman–Crippen LogP) is 8.85. The van der Waals surface area contributed by atoms with Crippen LogP contribution in [0.3, 0.4) is 0 Å². The van der Waals surface area contributed by atoms with E-state index in [4.69, 9.17) is 0 Å². The van der Waals surface area contributed by atoms with Crippen LogP contribution in [0, 0.1) is 5.92 Å². The lowest BCUT2D eigenvalue weighted by atomic mass is 9.94. The van der Waals surface area contributed by atoms with Gasteiger partial charge in [-0.15, -0.1) is 0 Å². The minimum atomic E-state index is 0.937. The van der Waals surface area contributed by atoms with Crippen LogP contribution >= 0.6 is 0 Å². The third kappa shape index (κ3) is 17.9. The molecule has 0 aromatic carbocycles. The maximum absolute atomic E-state index is 2.45. The van der Waals surface area contributed by atoms with Crippen LogP contribution in [0.15, 0.2) is 12.2 Å². The van der Waals surface area contributed by atoms with Crippen molar-refractivity contribution in [1.82, 2.24) is 0 Å². The molecule has 0 amide bonds. The largest absolute Gasteiger partial charge is 0.0885 e. The molecule has 0 N–H and O–H groups in total. The number of allylic oxidation sites excluding steroid dienone is 2. The van der Waals surface area contributed by atoms with Crippen LogP contribution in [0.4, 0.5) is 0 Å². The van der Waals surface area contributed by atoms with E-state index in [1.807, 2.05) is 0 Å². The number of unbranched alkanes of at least 4 members (excludes halogenated alkanes) is 12. The molecule has 0 aromatic heterocycles. The Morgan fingerprint density at radius 1 is 0.565 bits per heavy atom. The van der Waals surface area contributed by atoms with Crippen molar-refractivity contribution in [2.75, 3.05) is 0 Å². The van der Waals surface area contributed by atoms with Crippen molar-refractivity contribution in [1.29, 1.82) is 0 Å². The van der Waals surface area contributed by atoms with Gasteiger partial charge in [-0.05, 0) is 18.8 Å². The zero-order valence-corrected chi connectivity index (χ0v) is 16.8. The summed E-state index contributed by atoms with van der Waals surface area (Å²) in [6.07, 6.45) is 29.0. The molecule has 1 atom stereocenters. The fraction of sp³-hybridized carbons (Fsp3) is 0.913. The van der Waals surface area contributed by atoms with E-state index in [0.29, 0.717) is 0 Å². The Morgan fingerprint density at radius 2 is 1.09 bits per heavy atom. The van der Waals surface area contributed by atoms with Crippen LogP contribution in [-0.2, 0) is 0 Å². The molecule has 0 heterocycles. The van der Waals surface area contributed by atoms with Crippen molar-refractivity contribution in [2.45, 2.75) is 130 Å². The van der Waals surface area contributed by atoms with E-state index < -0.39 is 0 Å². The van der Waals surface area contributed by atoms with Crippen LogP contribution < -0.4 is 0 Å². The summed E-state index contributed by atoms with van der Waals surface area (Å²) in [5.41, 5.74) is 0. The van der Waals surface area contributed by atoms with Gasteiger partial charge in [0, 0.05) is 0 Å². The first-order valence-corrected chi connectivity index (χ1v) is 11.0. The first-order chi connectivity index (χ1) is 11.3. The van der Waals surface area contributed by atoms with Gasteiger partial charge in [0.1, 0.15) is 0 Å². The highest BCUT2D eigenvalue weighted by atomic mass is 14.1. The summed E-state index contributed by atoms with van der Waals surface area (Å²) in [7, 11) is 0. The third-order valence-corrected chi connectivity index (χ3v) is 5.15. The minimum Gasteiger partial charge on any atom is -0.0885 e. The summed E-state index contributed by atoms with van der Waals surface area (Å²) in [6, 6.07) is 0. The second-order valence-corrected chi connectivity index (χ2v) is 7.45. The van der Waals surface area contributed by atoms with Crippen molar-refractivity contribution >= 4 is 0 Å². The Kier molecular flexibility index (Phi) is 19.6. The molecular weight excluding hydrogens is 276 g/mol. The molecule has 0 rings (SSSR count). The molecule has 0 aliphatic carbocycles. The Balaban J connectivity index is 3.32. The van der Waals surface area contributed by atoms with Gasteiger partial charge in [0.05, 0.1) is 0 Å². The van der Waals surface area contributed by atoms with Crippen molar-refractivity contribution < 1.29 is 0 Å².